The molecular formula is C18H23F3N4OS. The quantitative estimate of drug-likeness (QED) is 0.565. The average Bonchev–Trinajstić information content (AvgIpc) is 3.04. The van der Waals surface area contributed by atoms with E-state index in [9.17, 15) is 18.0 Å². The molecule has 0 aliphatic carbocycles. The average molecular weight is 400 g/mol. The molecule has 148 valence electrons. The Morgan fingerprint density at radius 2 is 2.11 bits per heavy atom. The maximum Gasteiger partial charge on any atom is 0.269 e. The minimum absolute atomic E-state index is 0.0792. The fraction of sp³-hybridized carbons (Fsp3) is 0.500. The summed E-state index contributed by atoms with van der Waals surface area (Å²) in [6.07, 6.45) is 0.155. The first-order chi connectivity index (χ1) is 12.9. The van der Waals surface area contributed by atoms with Gasteiger partial charge >= 0.3 is 0 Å². The molecule has 0 spiro atoms. The zero-order valence-corrected chi connectivity index (χ0v) is 16.1. The molecule has 2 aromatic heterocycles. The summed E-state index contributed by atoms with van der Waals surface area (Å²) in [7, 11) is 0. The highest BCUT2D eigenvalue weighted by Gasteiger charge is 2.20. The fourth-order valence-corrected chi connectivity index (χ4v) is 3.45. The molecule has 0 unspecified atom stereocenters. The van der Waals surface area contributed by atoms with E-state index in [0.29, 0.717) is 12.3 Å². The number of nitrogens with zero attached hydrogens (tertiary/aromatic N) is 4. The van der Waals surface area contributed by atoms with E-state index >= 15 is 0 Å². The van der Waals surface area contributed by atoms with Gasteiger partial charge in [-0.1, -0.05) is 0 Å². The lowest BCUT2D eigenvalue weighted by molar-refractivity contribution is -0.118. The van der Waals surface area contributed by atoms with E-state index < -0.39 is 12.6 Å². The topological polar surface area (TPSA) is 51.0 Å². The van der Waals surface area contributed by atoms with Gasteiger partial charge in [0.2, 0.25) is 5.91 Å². The third-order valence-corrected chi connectivity index (χ3v) is 4.98. The Bertz CT molecular complexity index is 727. The highest BCUT2D eigenvalue weighted by atomic mass is 32.2. The first-order valence-electron chi connectivity index (χ1n) is 8.71. The molecular weight excluding hydrogens is 377 g/mol. The lowest BCUT2D eigenvalue weighted by Gasteiger charge is -2.20. The van der Waals surface area contributed by atoms with E-state index in [0.717, 1.165) is 17.1 Å². The third kappa shape index (κ3) is 5.98. The van der Waals surface area contributed by atoms with Crippen molar-refractivity contribution >= 4 is 23.4 Å². The number of carbonyl (C=O) groups is 1. The molecule has 0 radical (unpaired) electrons. The van der Waals surface area contributed by atoms with Crippen LogP contribution in [0.2, 0.25) is 0 Å². The van der Waals surface area contributed by atoms with Gasteiger partial charge in [-0.25, -0.2) is 17.9 Å². The van der Waals surface area contributed by atoms with Gasteiger partial charge in [0.25, 0.3) is 6.43 Å². The molecule has 0 fully saturated rings. The Labute approximate surface area is 161 Å². The van der Waals surface area contributed by atoms with Crippen LogP contribution in [0.5, 0.6) is 0 Å². The monoisotopic (exact) mass is 400 g/mol. The predicted octanol–water partition coefficient (Wildman–Crippen LogP) is 4.05. The summed E-state index contributed by atoms with van der Waals surface area (Å²) in [5.74, 6) is 0.647. The van der Waals surface area contributed by atoms with Crippen molar-refractivity contribution in [1.29, 1.82) is 0 Å². The van der Waals surface area contributed by atoms with Gasteiger partial charge in [-0.05, 0) is 38.2 Å². The van der Waals surface area contributed by atoms with Crippen molar-refractivity contribution in [2.24, 2.45) is 0 Å². The van der Waals surface area contributed by atoms with Crippen LogP contribution in [0.4, 0.5) is 18.9 Å². The summed E-state index contributed by atoms with van der Waals surface area (Å²) in [6, 6.07) is 3.68. The zero-order valence-electron chi connectivity index (χ0n) is 15.3. The van der Waals surface area contributed by atoms with E-state index in [2.05, 4.69) is 10.1 Å². The van der Waals surface area contributed by atoms with Crippen molar-refractivity contribution in [2.75, 3.05) is 23.0 Å². The van der Waals surface area contributed by atoms with Crippen LogP contribution in [-0.4, -0.2) is 51.3 Å². The number of pyridine rings is 1. The Hall–Kier alpha value is -2.03. The number of hydrogen-bond donors (Lipinski definition) is 0. The van der Waals surface area contributed by atoms with Gasteiger partial charge in [0.05, 0.1) is 29.5 Å². The highest BCUT2D eigenvalue weighted by Crippen LogP contribution is 2.22. The largest absolute Gasteiger partial charge is 0.310 e. The fourth-order valence-electron chi connectivity index (χ4n) is 2.54. The van der Waals surface area contributed by atoms with Gasteiger partial charge in [0, 0.05) is 24.9 Å². The Balaban J connectivity index is 1.92. The second-order valence-electron chi connectivity index (χ2n) is 5.90. The molecule has 2 rings (SSSR count). The lowest BCUT2D eigenvalue weighted by Crippen LogP contribution is -2.31. The standard InChI is InChI=1S/C18H23F3N4OS/c1-3-24(17(26)7-10-27-9-6-15(19)18(20)21)16-12-25(23-13(16)2)14-5-4-8-22-11-14/h4-5,8,11-12,15,18H,3,6-7,9-10H2,1-2H3/t15-/m1/s1. The molecule has 0 aliphatic heterocycles. The van der Waals surface area contributed by atoms with E-state index in [-0.39, 0.29) is 24.5 Å². The van der Waals surface area contributed by atoms with Crippen LogP contribution in [0.15, 0.2) is 30.7 Å². The van der Waals surface area contributed by atoms with Crippen molar-refractivity contribution in [1.82, 2.24) is 14.8 Å². The van der Waals surface area contributed by atoms with Crippen LogP contribution in [0, 0.1) is 6.92 Å². The van der Waals surface area contributed by atoms with Crippen molar-refractivity contribution in [2.45, 2.75) is 39.3 Å². The molecule has 5 nitrogen and oxygen atoms in total. The molecule has 0 aliphatic rings. The number of aryl methyl sites for hydroxylation is 1. The van der Waals surface area contributed by atoms with Crippen molar-refractivity contribution in [3.05, 3.63) is 36.4 Å². The number of thioether (sulfide) groups is 1. The molecule has 1 amide bonds. The number of hydrogen-bond acceptors (Lipinski definition) is 4. The number of carbonyl (C=O) groups excluding carboxylic acids is 1. The van der Waals surface area contributed by atoms with Crippen LogP contribution in [0.3, 0.4) is 0 Å². The maximum atomic E-state index is 12.9. The second kappa shape index (κ2) is 10.3. The van der Waals surface area contributed by atoms with Gasteiger partial charge in [-0.2, -0.15) is 16.9 Å². The molecule has 0 bridgehead atoms. The van der Waals surface area contributed by atoms with Crippen LogP contribution in [0.1, 0.15) is 25.5 Å². The number of anilines is 1. The zero-order chi connectivity index (χ0) is 19.8. The Morgan fingerprint density at radius 3 is 2.74 bits per heavy atom. The molecule has 1 atom stereocenters. The molecule has 2 heterocycles. The number of aromatic nitrogens is 3. The first kappa shape index (κ1) is 21.3. The van der Waals surface area contributed by atoms with Crippen molar-refractivity contribution in [3.63, 3.8) is 0 Å². The Kier molecular flexibility index (Phi) is 8.15. The van der Waals surface area contributed by atoms with Crippen LogP contribution < -0.4 is 4.90 Å². The summed E-state index contributed by atoms with van der Waals surface area (Å²) < 4.78 is 38.7. The number of amides is 1. The maximum absolute atomic E-state index is 12.9. The molecule has 0 aromatic carbocycles. The predicted molar refractivity (Wildman–Crippen MR) is 102 cm³/mol. The lowest BCUT2D eigenvalue weighted by atomic mass is 10.3. The molecule has 2 aromatic rings. The van der Waals surface area contributed by atoms with Crippen LogP contribution in [-0.2, 0) is 4.79 Å². The van der Waals surface area contributed by atoms with Crippen LogP contribution >= 0.6 is 11.8 Å². The summed E-state index contributed by atoms with van der Waals surface area (Å²) in [4.78, 5) is 18.3. The Morgan fingerprint density at radius 1 is 1.33 bits per heavy atom. The van der Waals surface area contributed by atoms with E-state index in [1.807, 2.05) is 26.0 Å². The molecule has 0 saturated heterocycles. The number of halogens is 3. The molecule has 9 heteroatoms. The summed E-state index contributed by atoms with van der Waals surface area (Å²) in [5, 5.41) is 4.44. The summed E-state index contributed by atoms with van der Waals surface area (Å²) in [6.45, 7) is 4.20. The van der Waals surface area contributed by atoms with Gasteiger partial charge < -0.3 is 4.90 Å². The second-order valence-corrected chi connectivity index (χ2v) is 7.12. The van der Waals surface area contributed by atoms with Gasteiger partial charge in [-0.15, -0.1) is 0 Å². The minimum Gasteiger partial charge on any atom is -0.310 e. The van der Waals surface area contributed by atoms with Gasteiger partial charge in [0.1, 0.15) is 0 Å². The van der Waals surface area contributed by atoms with E-state index in [1.54, 1.807) is 28.2 Å². The summed E-state index contributed by atoms with van der Waals surface area (Å²) in [5.41, 5.74) is 2.24. The first-order valence-corrected chi connectivity index (χ1v) is 9.86. The minimum atomic E-state index is -2.94. The smallest absolute Gasteiger partial charge is 0.269 e. The highest BCUT2D eigenvalue weighted by molar-refractivity contribution is 7.99. The number of alkyl halides is 3. The van der Waals surface area contributed by atoms with E-state index in [1.165, 1.54) is 11.8 Å². The summed E-state index contributed by atoms with van der Waals surface area (Å²) >= 11 is 1.31. The normalized spacial score (nSPS) is 12.4. The molecule has 0 saturated carbocycles. The van der Waals surface area contributed by atoms with Crippen molar-refractivity contribution < 1.29 is 18.0 Å². The SMILES string of the molecule is CCN(C(=O)CCSCC[C@@H](F)C(F)F)c1cn(-c2cccnc2)nc1C. The van der Waals surface area contributed by atoms with Gasteiger partial charge in [0.15, 0.2) is 6.17 Å². The third-order valence-electron chi connectivity index (χ3n) is 3.96. The van der Waals surface area contributed by atoms with Crippen LogP contribution in [0.25, 0.3) is 5.69 Å². The van der Waals surface area contributed by atoms with Crippen molar-refractivity contribution in [3.8, 4) is 5.69 Å². The van der Waals surface area contributed by atoms with Gasteiger partial charge in [-0.3, -0.25) is 9.78 Å². The molecule has 27 heavy (non-hydrogen) atoms. The number of rotatable bonds is 10. The van der Waals surface area contributed by atoms with E-state index in [4.69, 9.17) is 0 Å². The molecule has 0 N–H and O–H groups in total.